The van der Waals surface area contributed by atoms with Crippen LogP contribution in [-0.2, 0) is 0 Å². The van der Waals surface area contributed by atoms with Crippen LogP contribution in [0.2, 0.25) is 0 Å². The summed E-state index contributed by atoms with van der Waals surface area (Å²) in [6, 6.07) is 10.6. The van der Waals surface area contributed by atoms with E-state index in [1.165, 1.54) is 6.42 Å². The van der Waals surface area contributed by atoms with Crippen molar-refractivity contribution in [3.8, 4) is 11.3 Å². The number of carbonyl (C=O) groups excluding carboxylic acids is 2. The summed E-state index contributed by atoms with van der Waals surface area (Å²) in [5, 5.41) is 0. The molecule has 27 heavy (non-hydrogen) atoms. The predicted molar refractivity (Wildman–Crippen MR) is 102 cm³/mol. The van der Waals surface area contributed by atoms with Crippen molar-refractivity contribution in [3.63, 3.8) is 0 Å². The highest BCUT2D eigenvalue weighted by Crippen LogP contribution is 2.38. The minimum atomic E-state index is -0.603. The highest BCUT2D eigenvalue weighted by molar-refractivity contribution is 5.95. The standard InChI is InChI=1S/C21H25N3O3/c1-23-11-9-21(13-23)8-3-10-24(14-21)20(26)16-5-2-4-15(12-16)17-6-7-18(27-17)19(22)25/h2,4-7,12H,3,8-11,13-14H2,1H3,(H2,22,25)/t21-/m0/s1. The molecular formula is C21H25N3O3. The number of likely N-dealkylation sites (tertiary alicyclic amines) is 2. The van der Waals surface area contributed by atoms with Crippen LogP contribution < -0.4 is 5.73 Å². The van der Waals surface area contributed by atoms with Gasteiger partial charge in [-0.25, -0.2) is 0 Å². The maximum atomic E-state index is 13.1. The lowest BCUT2D eigenvalue weighted by Crippen LogP contribution is -2.47. The van der Waals surface area contributed by atoms with Crippen LogP contribution in [-0.4, -0.2) is 54.8 Å². The molecule has 1 atom stereocenters. The van der Waals surface area contributed by atoms with Crippen LogP contribution in [0.4, 0.5) is 0 Å². The summed E-state index contributed by atoms with van der Waals surface area (Å²) in [5.74, 6) is 0.108. The van der Waals surface area contributed by atoms with Crippen LogP contribution in [0, 0.1) is 5.41 Å². The van der Waals surface area contributed by atoms with Gasteiger partial charge in [-0.05, 0) is 57.1 Å². The molecule has 2 saturated heterocycles. The zero-order valence-electron chi connectivity index (χ0n) is 15.6. The Morgan fingerprint density at radius 1 is 1.11 bits per heavy atom. The first kappa shape index (κ1) is 17.8. The van der Waals surface area contributed by atoms with Gasteiger partial charge in [0.15, 0.2) is 5.76 Å². The maximum Gasteiger partial charge on any atom is 0.284 e. The van der Waals surface area contributed by atoms with Crippen molar-refractivity contribution in [2.75, 3.05) is 33.2 Å². The normalized spacial score (nSPS) is 23.1. The van der Waals surface area contributed by atoms with Gasteiger partial charge in [0.25, 0.3) is 11.8 Å². The molecule has 2 amide bonds. The molecule has 6 nitrogen and oxygen atoms in total. The third kappa shape index (κ3) is 3.49. The summed E-state index contributed by atoms with van der Waals surface area (Å²) in [7, 11) is 2.16. The third-order valence-corrected chi connectivity index (χ3v) is 5.82. The molecule has 0 saturated carbocycles. The molecule has 6 heteroatoms. The minimum absolute atomic E-state index is 0.0622. The second-order valence-corrected chi connectivity index (χ2v) is 7.93. The highest BCUT2D eigenvalue weighted by atomic mass is 16.3. The molecule has 2 N–H and O–H groups in total. The number of hydrogen-bond acceptors (Lipinski definition) is 4. The number of furan rings is 1. The number of rotatable bonds is 3. The molecule has 0 bridgehead atoms. The number of primary amides is 1. The SMILES string of the molecule is CN1CC[C@@]2(CCCN(C(=O)c3cccc(-c4ccc(C(N)=O)o4)c3)C2)C1. The van der Waals surface area contributed by atoms with Crippen LogP contribution >= 0.6 is 0 Å². The summed E-state index contributed by atoms with van der Waals surface area (Å²) in [6.07, 6.45) is 3.42. The zero-order valence-corrected chi connectivity index (χ0v) is 15.6. The summed E-state index contributed by atoms with van der Waals surface area (Å²) in [4.78, 5) is 28.7. The van der Waals surface area contributed by atoms with Crippen molar-refractivity contribution in [1.82, 2.24) is 9.80 Å². The van der Waals surface area contributed by atoms with Crippen molar-refractivity contribution in [2.24, 2.45) is 11.1 Å². The summed E-state index contributed by atoms with van der Waals surface area (Å²) in [6.45, 7) is 3.81. The lowest BCUT2D eigenvalue weighted by Gasteiger charge is -2.40. The van der Waals surface area contributed by atoms with Gasteiger partial charge in [-0.15, -0.1) is 0 Å². The second kappa shape index (κ2) is 6.85. The fraction of sp³-hybridized carbons (Fsp3) is 0.429. The molecule has 1 aromatic carbocycles. The van der Waals surface area contributed by atoms with Crippen LogP contribution in [0.3, 0.4) is 0 Å². The van der Waals surface area contributed by atoms with Gasteiger partial charge < -0.3 is 20.0 Å². The van der Waals surface area contributed by atoms with Gasteiger partial charge in [0, 0.05) is 36.2 Å². The van der Waals surface area contributed by atoms with E-state index < -0.39 is 5.91 Å². The molecule has 2 aliphatic rings. The first-order valence-electron chi connectivity index (χ1n) is 9.44. The van der Waals surface area contributed by atoms with Crippen molar-refractivity contribution >= 4 is 11.8 Å². The first-order valence-corrected chi connectivity index (χ1v) is 9.44. The Hall–Kier alpha value is -2.60. The van der Waals surface area contributed by atoms with Crippen LogP contribution in [0.1, 0.15) is 40.2 Å². The second-order valence-electron chi connectivity index (χ2n) is 7.93. The Morgan fingerprint density at radius 2 is 1.96 bits per heavy atom. The third-order valence-electron chi connectivity index (χ3n) is 5.82. The Kier molecular flexibility index (Phi) is 4.52. The van der Waals surface area contributed by atoms with Gasteiger partial charge in [0.2, 0.25) is 0 Å². The Balaban J connectivity index is 1.54. The number of nitrogens with two attached hydrogens (primary N) is 1. The average Bonchev–Trinajstić information content (AvgIpc) is 3.29. The van der Waals surface area contributed by atoms with Crippen molar-refractivity contribution in [1.29, 1.82) is 0 Å². The van der Waals surface area contributed by atoms with Crippen molar-refractivity contribution < 1.29 is 14.0 Å². The Bertz CT molecular complexity index is 871. The van der Waals surface area contributed by atoms with Gasteiger partial charge in [-0.3, -0.25) is 9.59 Å². The lowest BCUT2D eigenvalue weighted by molar-refractivity contribution is 0.0534. The first-order chi connectivity index (χ1) is 13.0. The van der Waals surface area contributed by atoms with Gasteiger partial charge in [-0.2, -0.15) is 0 Å². The number of carbonyl (C=O) groups is 2. The molecule has 4 rings (SSSR count). The topological polar surface area (TPSA) is 79.8 Å². The molecule has 2 aliphatic heterocycles. The van der Waals surface area contributed by atoms with E-state index in [2.05, 4.69) is 11.9 Å². The van der Waals surface area contributed by atoms with E-state index in [4.69, 9.17) is 10.2 Å². The summed E-state index contributed by atoms with van der Waals surface area (Å²) >= 11 is 0. The maximum absolute atomic E-state index is 13.1. The van der Waals surface area contributed by atoms with Crippen LogP contribution in [0.15, 0.2) is 40.8 Å². The molecule has 1 spiro atoms. The molecule has 0 aliphatic carbocycles. The van der Waals surface area contributed by atoms with Gasteiger partial charge in [0.05, 0.1) is 0 Å². The average molecular weight is 367 g/mol. The number of hydrogen-bond donors (Lipinski definition) is 1. The number of amides is 2. The van der Waals surface area contributed by atoms with Crippen molar-refractivity contribution in [3.05, 3.63) is 47.7 Å². The summed E-state index contributed by atoms with van der Waals surface area (Å²) < 4.78 is 5.49. The van der Waals surface area contributed by atoms with Crippen molar-refractivity contribution in [2.45, 2.75) is 19.3 Å². The van der Waals surface area contributed by atoms with Crippen LogP contribution in [0.25, 0.3) is 11.3 Å². The van der Waals surface area contributed by atoms with Crippen LogP contribution in [0.5, 0.6) is 0 Å². The smallest absolute Gasteiger partial charge is 0.284 e. The molecule has 0 radical (unpaired) electrons. The quantitative estimate of drug-likeness (QED) is 0.904. The zero-order chi connectivity index (χ0) is 19.0. The van der Waals surface area contributed by atoms with E-state index >= 15 is 0 Å². The highest BCUT2D eigenvalue weighted by Gasteiger charge is 2.41. The predicted octanol–water partition coefficient (Wildman–Crippen LogP) is 2.60. The fourth-order valence-corrected chi connectivity index (χ4v) is 4.49. The monoisotopic (exact) mass is 367 g/mol. The van der Waals surface area contributed by atoms with Gasteiger partial charge >= 0.3 is 0 Å². The number of nitrogens with zero attached hydrogens (tertiary/aromatic N) is 2. The van der Waals surface area contributed by atoms with Gasteiger partial charge in [0.1, 0.15) is 5.76 Å². The minimum Gasteiger partial charge on any atom is -0.451 e. The van der Waals surface area contributed by atoms with E-state index in [1.54, 1.807) is 12.1 Å². The largest absolute Gasteiger partial charge is 0.451 e. The molecule has 2 aromatic rings. The molecule has 1 aromatic heterocycles. The molecule has 142 valence electrons. The molecule has 3 heterocycles. The summed E-state index contributed by atoms with van der Waals surface area (Å²) in [5.41, 5.74) is 6.91. The molecule has 0 unspecified atom stereocenters. The van der Waals surface area contributed by atoms with E-state index in [0.29, 0.717) is 11.3 Å². The van der Waals surface area contributed by atoms with Gasteiger partial charge in [-0.1, -0.05) is 12.1 Å². The number of benzene rings is 1. The fourth-order valence-electron chi connectivity index (χ4n) is 4.49. The number of piperidine rings is 1. The Labute approximate surface area is 158 Å². The Morgan fingerprint density at radius 3 is 2.67 bits per heavy atom. The molecule has 2 fully saturated rings. The van der Waals surface area contributed by atoms with E-state index in [-0.39, 0.29) is 17.1 Å². The molecular weight excluding hydrogens is 342 g/mol. The van der Waals surface area contributed by atoms with E-state index in [0.717, 1.165) is 44.6 Å². The lowest BCUT2D eigenvalue weighted by atomic mass is 9.79. The van der Waals surface area contributed by atoms with E-state index in [1.807, 2.05) is 29.2 Å². The van der Waals surface area contributed by atoms with E-state index in [9.17, 15) is 9.59 Å².